The molecule has 0 aliphatic rings. The molecule has 0 aromatic heterocycles. The van der Waals surface area contributed by atoms with Crippen molar-refractivity contribution in [3.8, 4) is 0 Å². The van der Waals surface area contributed by atoms with E-state index in [1.54, 1.807) is 0 Å². The molecule has 1 atom stereocenters. The molecule has 1 rings (SSSR count). The normalized spacial score (nSPS) is 13.3. The van der Waals surface area contributed by atoms with Crippen LogP contribution in [0.4, 0.5) is 0 Å². The minimum absolute atomic E-state index is 0.178. The maximum absolute atomic E-state index is 11.5. The summed E-state index contributed by atoms with van der Waals surface area (Å²) in [5.74, 6) is 0.888. The van der Waals surface area contributed by atoms with Crippen LogP contribution in [0.25, 0.3) is 0 Å². The van der Waals surface area contributed by atoms with Gasteiger partial charge in [-0.3, -0.25) is 4.79 Å². The molecule has 0 N–H and O–H groups in total. The molecule has 112 valence electrons. The number of Topliss-reactive ketones (excluding diaryl/α,β-unsaturated/α-hetero) is 1. The topological polar surface area (TPSA) is 17.1 Å². The number of ketones is 1. The van der Waals surface area contributed by atoms with Gasteiger partial charge in [0, 0.05) is 12.8 Å². The second-order valence-electron chi connectivity index (χ2n) is 6.86. The van der Waals surface area contributed by atoms with Gasteiger partial charge in [-0.1, -0.05) is 52.8 Å². The molecule has 0 amide bonds. The maximum atomic E-state index is 11.5. The van der Waals surface area contributed by atoms with E-state index in [2.05, 4.69) is 52.8 Å². The molecule has 1 aromatic carbocycles. The number of carbonyl (C=O) groups is 1. The average Bonchev–Trinajstić information content (AvgIpc) is 2.39. The highest BCUT2D eigenvalue weighted by atomic mass is 16.1. The van der Waals surface area contributed by atoms with Gasteiger partial charge in [-0.05, 0) is 47.8 Å². The lowest BCUT2D eigenvalue weighted by molar-refractivity contribution is -0.118. The van der Waals surface area contributed by atoms with Crippen molar-refractivity contribution < 1.29 is 4.79 Å². The van der Waals surface area contributed by atoms with Gasteiger partial charge >= 0.3 is 0 Å². The summed E-state index contributed by atoms with van der Waals surface area (Å²) >= 11 is 0. The van der Waals surface area contributed by atoms with E-state index in [0.717, 1.165) is 12.8 Å². The molecule has 0 radical (unpaired) electrons. The van der Waals surface area contributed by atoms with Crippen molar-refractivity contribution in [2.45, 2.75) is 78.6 Å². The number of hydrogen-bond acceptors (Lipinski definition) is 1. The van der Waals surface area contributed by atoms with Gasteiger partial charge in [0.25, 0.3) is 0 Å². The zero-order chi connectivity index (χ0) is 15.3. The van der Waals surface area contributed by atoms with Gasteiger partial charge in [0.05, 0.1) is 0 Å². The van der Waals surface area contributed by atoms with Crippen molar-refractivity contribution in [1.82, 2.24) is 0 Å². The van der Waals surface area contributed by atoms with Crippen molar-refractivity contribution in [2.75, 3.05) is 0 Å². The van der Waals surface area contributed by atoms with Crippen LogP contribution < -0.4 is 0 Å². The van der Waals surface area contributed by atoms with Crippen LogP contribution in [-0.2, 0) is 10.2 Å². The number of carbonyl (C=O) groups excluding carboxylic acids is 1. The van der Waals surface area contributed by atoms with Gasteiger partial charge in [-0.2, -0.15) is 0 Å². The summed E-state index contributed by atoms with van der Waals surface area (Å²) in [4.78, 5) is 11.5. The fourth-order valence-electron chi connectivity index (χ4n) is 2.82. The molecule has 0 bridgehead atoms. The quantitative estimate of drug-likeness (QED) is 0.665. The van der Waals surface area contributed by atoms with E-state index in [9.17, 15) is 4.79 Å². The summed E-state index contributed by atoms with van der Waals surface area (Å²) in [6, 6.07) is 6.84. The van der Waals surface area contributed by atoms with E-state index < -0.39 is 0 Å². The fraction of sp³-hybridized carbons (Fsp3) is 0.632. The molecule has 0 saturated heterocycles. The summed E-state index contributed by atoms with van der Waals surface area (Å²) in [6.07, 6.45) is 3.46. The lowest BCUT2D eigenvalue weighted by atomic mass is 9.80. The van der Waals surface area contributed by atoms with Crippen LogP contribution in [0.2, 0.25) is 0 Å². The van der Waals surface area contributed by atoms with E-state index in [1.165, 1.54) is 16.7 Å². The van der Waals surface area contributed by atoms with E-state index in [-0.39, 0.29) is 5.41 Å². The summed E-state index contributed by atoms with van der Waals surface area (Å²) in [5, 5.41) is 0. The molecular weight excluding hydrogens is 244 g/mol. The Morgan fingerprint density at radius 1 is 1.20 bits per heavy atom. The molecule has 0 spiro atoms. The first-order valence-corrected chi connectivity index (χ1v) is 7.92. The molecule has 0 saturated carbocycles. The third-order valence-corrected chi connectivity index (χ3v) is 4.20. The third kappa shape index (κ3) is 4.47. The molecule has 1 heteroatoms. The molecule has 0 heterocycles. The predicted octanol–water partition coefficient (Wildman–Crippen LogP) is 5.55. The lowest BCUT2D eigenvalue weighted by Crippen LogP contribution is -2.14. The van der Waals surface area contributed by atoms with E-state index in [0.29, 0.717) is 24.5 Å². The van der Waals surface area contributed by atoms with Gasteiger partial charge < -0.3 is 0 Å². The van der Waals surface area contributed by atoms with Gasteiger partial charge in [0.2, 0.25) is 0 Å². The van der Waals surface area contributed by atoms with E-state index in [1.807, 2.05) is 6.92 Å². The van der Waals surface area contributed by atoms with Crippen molar-refractivity contribution in [1.29, 1.82) is 0 Å². The summed E-state index contributed by atoms with van der Waals surface area (Å²) in [5.41, 5.74) is 4.36. The first-order valence-electron chi connectivity index (χ1n) is 7.92. The van der Waals surface area contributed by atoms with Crippen LogP contribution in [0.5, 0.6) is 0 Å². The maximum Gasteiger partial charge on any atom is 0.132 e. The van der Waals surface area contributed by atoms with Crippen LogP contribution in [0, 0.1) is 6.92 Å². The Balaban J connectivity index is 2.96. The van der Waals surface area contributed by atoms with E-state index >= 15 is 0 Å². The summed E-state index contributed by atoms with van der Waals surface area (Å²) in [6.45, 7) is 13.2. The van der Waals surface area contributed by atoms with Crippen molar-refractivity contribution in [3.63, 3.8) is 0 Å². The molecule has 1 aromatic rings. The summed E-state index contributed by atoms with van der Waals surface area (Å²) < 4.78 is 0. The Morgan fingerprint density at radius 3 is 2.35 bits per heavy atom. The zero-order valence-corrected chi connectivity index (χ0v) is 14.0. The highest BCUT2D eigenvalue weighted by Crippen LogP contribution is 2.31. The zero-order valence-electron chi connectivity index (χ0n) is 14.0. The fourth-order valence-corrected chi connectivity index (χ4v) is 2.82. The Morgan fingerprint density at radius 2 is 1.85 bits per heavy atom. The third-order valence-electron chi connectivity index (χ3n) is 4.20. The largest absolute Gasteiger partial charge is 0.300 e. The minimum atomic E-state index is 0.178. The second kappa shape index (κ2) is 7.06. The minimum Gasteiger partial charge on any atom is -0.300 e. The smallest absolute Gasteiger partial charge is 0.132 e. The van der Waals surface area contributed by atoms with Crippen LogP contribution in [0.3, 0.4) is 0 Å². The van der Waals surface area contributed by atoms with Gasteiger partial charge in [0.1, 0.15) is 5.78 Å². The van der Waals surface area contributed by atoms with Gasteiger partial charge in [-0.25, -0.2) is 0 Å². The number of benzene rings is 1. The van der Waals surface area contributed by atoms with Crippen molar-refractivity contribution in [2.24, 2.45) is 0 Å². The van der Waals surface area contributed by atoms with Crippen molar-refractivity contribution >= 4 is 5.78 Å². The summed E-state index contributed by atoms with van der Waals surface area (Å²) in [7, 11) is 0. The van der Waals surface area contributed by atoms with Crippen LogP contribution in [-0.4, -0.2) is 5.78 Å². The standard InChI is InChI=1S/C19H30O/c1-7-15(11-12-17(20)8-2)16-10-9-14(3)18(13-16)19(4,5)6/h9-10,13,15H,7-8,11-12H2,1-6H3. The van der Waals surface area contributed by atoms with Crippen LogP contribution in [0.1, 0.15) is 82.9 Å². The highest BCUT2D eigenvalue weighted by Gasteiger charge is 2.19. The SMILES string of the molecule is CCC(=O)CCC(CC)c1ccc(C)c(C(C)(C)C)c1. The number of rotatable bonds is 6. The highest BCUT2D eigenvalue weighted by molar-refractivity contribution is 5.78. The molecule has 0 fully saturated rings. The first-order chi connectivity index (χ1) is 9.29. The lowest BCUT2D eigenvalue weighted by Gasteiger charge is -2.24. The Hall–Kier alpha value is -1.11. The van der Waals surface area contributed by atoms with Gasteiger partial charge in [-0.15, -0.1) is 0 Å². The molecule has 1 unspecified atom stereocenters. The molecule has 0 aliphatic carbocycles. The number of aryl methyl sites for hydroxylation is 1. The first kappa shape index (κ1) is 16.9. The number of hydrogen-bond donors (Lipinski definition) is 0. The van der Waals surface area contributed by atoms with E-state index in [4.69, 9.17) is 0 Å². The van der Waals surface area contributed by atoms with Crippen LogP contribution in [0.15, 0.2) is 18.2 Å². The molecule has 1 nitrogen and oxygen atoms in total. The molecular formula is C19H30O. The Kier molecular flexibility index (Phi) is 5.98. The van der Waals surface area contributed by atoms with Crippen molar-refractivity contribution in [3.05, 3.63) is 34.9 Å². The second-order valence-corrected chi connectivity index (χ2v) is 6.86. The Labute approximate surface area is 124 Å². The Bertz CT molecular complexity index is 451. The average molecular weight is 274 g/mol. The molecule has 0 aliphatic heterocycles. The monoisotopic (exact) mass is 274 g/mol. The van der Waals surface area contributed by atoms with Gasteiger partial charge in [0.15, 0.2) is 0 Å². The molecule has 20 heavy (non-hydrogen) atoms. The van der Waals surface area contributed by atoms with Crippen LogP contribution >= 0.6 is 0 Å². The predicted molar refractivity (Wildman–Crippen MR) is 87.4 cm³/mol.